The van der Waals surface area contributed by atoms with Crippen LogP contribution in [0, 0.1) is 5.82 Å². The molecule has 0 bridgehead atoms. The van der Waals surface area contributed by atoms with E-state index in [1.54, 1.807) is 18.2 Å². The Bertz CT molecular complexity index is 896. The molecule has 3 aromatic rings. The molecule has 0 radical (unpaired) electrons. The maximum absolute atomic E-state index is 13.0. The van der Waals surface area contributed by atoms with Gasteiger partial charge in [-0.3, -0.25) is 4.79 Å². The van der Waals surface area contributed by atoms with Crippen molar-refractivity contribution >= 4 is 16.8 Å². The fourth-order valence-corrected chi connectivity index (χ4v) is 2.53. The van der Waals surface area contributed by atoms with Crippen LogP contribution < -0.4 is 9.47 Å². The number of halogens is 1. The molecule has 0 unspecified atom stereocenters. The number of carbonyl (C=O) groups excluding carboxylic acids is 1. The molecule has 0 saturated carbocycles. The number of Topliss-reactive ketones (excluding diaryl/α,β-unsaturated/α-hetero) is 1. The molecule has 24 heavy (non-hydrogen) atoms. The van der Waals surface area contributed by atoms with Gasteiger partial charge in [0.05, 0.1) is 18.8 Å². The number of furan rings is 1. The Morgan fingerprint density at radius 1 is 1.21 bits per heavy atom. The number of phenols is 1. The molecule has 0 spiro atoms. The fraction of sp³-hybridized carbons (Fsp3) is 0.167. The van der Waals surface area contributed by atoms with Crippen molar-refractivity contribution in [1.29, 1.82) is 0 Å². The lowest BCUT2D eigenvalue weighted by Crippen LogP contribution is -2.04. The molecule has 0 atom stereocenters. The van der Waals surface area contributed by atoms with Gasteiger partial charge in [-0.25, -0.2) is 4.39 Å². The second kappa shape index (κ2) is 6.23. The minimum absolute atomic E-state index is 0.0165. The van der Waals surface area contributed by atoms with Gasteiger partial charge in [0.25, 0.3) is 0 Å². The Hall–Kier alpha value is -3.02. The van der Waals surface area contributed by atoms with Gasteiger partial charge in [-0.1, -0.05) is 12.1 Å². The molecule has 3 rings (SSSR count). The third kappa shape index (κ3) is 2.67. The number of carbonyl (C=O) groups is 1. The van der Waals surface area contributed by atoms with Gasteiger partial charge in [-0.2, -0.15) is 0 Å². The predicted molar refractivity (Wildman–Crippen MR) is 85.2 cm³/mol. The molecule has 0 aliphatic heterocycles. The van der Waals surface area contributed by atoms with Crippen LogP contribution in [0.4, 0.5) is 4.39 Å². The molecular weight excluding hydrogens is 315 g/mol. The summed E-state index contributed by atoms with van der Waals surface area (Å²) in [5, 5.41) is 10.9. The maximum atomic E-state index is 13.0. The molecule has 0 fully saturated rings. The van der Waals surface area contributed by atoms with Gasteiger partial charge in [0.1, 0.15) is 23.7 Å². The average Bonchev–Trinajstić information content (AvgIpc) is 3.02. The summed E-state index contributed by atoms with van der Waals surface area (Å²) in [6, 6.07) is 7.44. The molecule has 0 aliphatic carbocycles. The SMILES string of the molecule is COc1c(O)c(C(C)=O)c(OCc2ccc(F)cc2)c2ccoc12. The van der Waals surface area contributed by atoms with E-state index in [0.29, 0.717) is 5.39 Å². The summed E-state index contributed by atoms with van der Waals surface area (Å²) in [6.07, 6.45) is 1.42. The van der Waals surface area contributed by atoms with Gasteiger partial charge < -0.3 is 19.0 Å². The largest absolute Gasteiger partial charge is 0.504 e. The van der Waals surface area contributed by atoms with E-state index in [-0.39, 0.29) is 46.6 Å². The first-order valence-electron chi connectivity index (χ1n) is 7.21. The number of methoxy groups -OCH3 is 1. The topological polar surface area (TPSA) is 68.9 Å². The quantitative estimate of drug-likeness (QED) is 0.714. The molecule has 5 nitrogen and oxygen atoms in total. The van der Waals surface area contributed by atoms with Crippen molar-refractivity contribution in [1.82, 2.24) is 0 Å². The molecule has 0 amide bonds. The molecule has 124 valence electrons. The summed E-state index contributed by atoms with van der Waals surface area (Å²) >= 11 is 0. The number of ketones is 1. The first kappa shape index (κ1) is 15.9. The zero-order valence-corrected chi connectivity index (χ0v) is 13.1. The smallest absolute Gasteiger partial charge is 0.205 e. The minimum Gasteiger partial charge on any atom is -0.504 e. The molecule has 0 aliphatic rings. The molecule has 6 heteroatoms. The van der Waals surface area contributed by atoms with Crippen LogP contribution in [0.15, 0.2) is 41.0 Å². The Labute approximate surface area is 137 Å². The van der Waals surface area contributed by atoms with E-state index in [9.17, 15) is 14.3 Å². The zero-order valence-electron chi connectivity index (χ0n) is 13.1. The van der Waals surface area contributed by atoms with Crippen LogP contribution in [0.1, 0.15) is 22.8 Å². The molecule has 2 aromatic carbocycles. The van der Waals surface area contributed by atoms with Gasteiger partial charge >= 0.3 is 0 Å². The van der Waals surface area contributed by atoms with Crippen molar-refractivity contribution in [2.24, 2.45) is 0 Å². The van der Waals surface area contributed by atoms with Gasteiger partial charge in [0, 0.05) is 0 Å². The highest BCUT2D eigenvalue weighted by atomic mass is 19.1. The first-order valence-corrected chi connectivity index (χ1v) is 7.21. The number of hydrogen-bond donors (Lipinski definition) is 1. The Kier molecular flexibility index (Phi) is 4.12. The maximum Gasteiger partial charge on any atom is 0.205 e. The minimum atomic E-state index is -0.372. The molecular formula is C18H15FO5. The first-order chi connectivity index (χ1) is 11.5. The second-order valence-electron chi connectivity index (χ2n) is 5.22. The van der Waals surface area contributed by atoms with Crippen molar-refractivity contribution in [2.45, 2.75) is 13.5 Å². The molecule has 1 heterocycles. The fourth-order valence-electron chi connectivity index (χ4n) is 2.53. The van der Waals surface area contributed by atoms with Crippen LogP contribution in [-0.2, 0) is 6.61 Å². The van der Waals surface area contributed by atoms with Crippen molar-refractivity contribution in [3.8, 4) is 17.2 Å². The monoisotopic (exact) mass is 330 g/mol. The number of benzene rings is 2. The summed E-state index contributed by atoms with van der Waals surface area (Å²) in [5.41, 5.74) is 1.02. The zero-order chi connectivity index (χ0) is 17.3. The summed E-state index contributed by atoms with van der Waals surface area (Å²) in [7, 11) is 1.37. The molecule has 1 N–H and O–H groups in total. The number of phenolic OH excluding ortho intramolecular Hbond substituents is 1. The van der Waals surface area contributed by atoms with E-state index in [4.69, 9.17) is 13.9 Å². The molecule has 0 saturated heterocycles. The second-order valence-corrected chi connectivity index (χ2v) is 5.22. The highest BCUT2D eigenvalue weighted by Gasteiger charge is 2.25. The number of aromatic hydroxyl groups is 1. The molecule has 1 aromatic heterocycles. The van der Waals surface area contributed by atoms with E-state index in [1.807, 2.05) is 0 Å². The lowest BCUT2D eigenvalue weighted by Gasteiger charge is -2.15. The van der Waals surface area contributed by atoms with Crippen molar-refractivity contribution in [3.05, 3.63) is 53.5 Å². The number of ether oxygens (including phenoxy) is 2. The van der Waals surface area contributed by atoms with Gasteiger partial charge in [0.2, 0.25) is 5.75 Å². The third-order valence-electron chi connectivity index (χ3n) is 3.65. The normalized spacial score (nSPS) is 10.8. The summed E-state index contributed by atoms with van der Waals surface area (Å²) in [5.74, 6) is -0.768. The van der Waals surface area contributed by atoms with Crippen LogP contribution in [0.3, 0.4) is 0 Å². The van der Waals surface area contributed by atoms with E-state index >= 15 is 0 Å². The van der Waals surface area contributed by atoms with Crippen molar-refractivity contribution < 1.29 is 28.2 Å². The van der Waals surface area contributed by atoms with E-state index in [1.165, 1.54) is 32.4 Å². The van der Waals surface area contributed by atoms with Crippen molar-refractivity contribution in [2.75, 3.05) is 7.11 Å². The van der Waals surface area contributed by atoms with Crippen LogP contribution in [0.25, 0.3) is 11.0 Å². The van der Waals surface area contributed by atoms with E-state index < -0.39 is 0 Å². The van der Waals surface area contributed by atoms with Crippen LogP contribution in [-0.4, -0.2) is 18.0 Å². The van der Waals surface area contributed by atoms with Gasteiger partial charge in [-0.15, -0.1) is 0 Å². The van der Waals surface area contributed by atoms with Gasteiger partial charge in [0.15, 0.2) is 17.1 Å². The third-order valence-corrected chi connectivity index (χ3v) is 3.65. The van der Waals surface area contributed by atoms with Crippen LogP contribution >= 0.6 is 0 Å². The Morgan fingerprint density at radius 2 is 1.92 bits per heavy atom. The number of fused-ring (bicyclic) bond motifs is 1. The predicted octanol–water partition coefficient (Wildman–Crippen LogP) is 4.07. The number of rotatable bonds is 5. The van der Waals surface area contributed by atoms with Crippen LogP contribution in [0.2, 0.25) is 0 Å². The lowest BCUT2D eigenvalue weighted by atomic mass is 10.0. The Morgan fingerprint density at radius 3 is 2.54 bits per heavy atom. The summed E-state index contributed by atoms with van der Waals surface area (Å²) in [6.45, 7) is 1.43. The average molecular weight is 330 g/mol. The van der Waals surface area contributed by atoms with Crippen LogP contribution in [0.5, 0.6) is 17.2 Å². The summed E-state index contributed by atoms with van der Waals surface area (Å²) < 4.78 is 29.2. The van der Waals surface area contributed by atoms with Gasteiger partial charge in [-0.05, 0) is 30.7 Å². The Balaban J connectivity index is 2.08. The standard InChI is InChI=1S/C18H15FO5/c1-10(20)14-15(21)18(22-2)17-13(7-8-23-17)16(14)24-9-11-3-5-12(19)6-4-11/h3-8,21H,9H2,1-2H3. The summed E-state index contributed by atoms with van der Waals surface area (Å²) in [4.78, 5) is 12.0. The lowest BCUT2D eigenvalue weighted by molar-refractivity contribution is 0.101. The van der Waals surface area contributed by atoms with E-state index in [2.05, 4.69) is 0 Å². The highest BCUT2D eigenvalue weighted by molar-refractivity contribution is 6.08. The van der Waals surface area contributed by atoms with E-state index in [0.717, 1.165) is 5.56 Å². The highest BCUT2D eigenvalue weighted by Crippen LogP contribution is 2.46. The number of hydrogen-bond acceptors (Lipinski definition) is 5. The van der Waals surface area contributed by atoms with Crippen molar-refractivity contribution in [3.63, 3.8) is 0 Å².